The average Bonchev–Trinajstić information content (AvgIpc) is 3.09. The van der Waals surface area contributed by atoms with Crippen molar-refractivity contribution in [1.82, 2.24) is 14.8 Å². The summed E-state index contributed by atoms with van der Waals surface area (Å²) < 4.78 is 12.6. The summed E-state index contributed by atoms with van der Waals surface area (Å²) in [5.41, 5.74) is 1.63. The quantitative estimate of drug-likeness (QED) is 0.842. The van der Waals surface area contributed by atoms with Gasteiger partial charge in [-0.3, -0.25) is 4.79 Å². The number of rotatable bonds is 5. The number of hydrogen-bond acceptors (Lipinski definition) is 6. The highest BCUT2D eigenvalue weighted by Gasteiger charge is 2.42. The molecule has 0 bridgehead atoms. The third-order valence-electron chi connectivity index (χ3n) is 4.17. The Morgan fingerprint density at radius 3 is 2.88 bits per heavy atom. The fraction of sp³-hybridized carbons (Fsp3) is 0.389. The lowest BCUT2D eigenvalue weighted by atomic mass is 9.87. The molecule has 2 heterocycles. The number of anilines is 1. The predicted molar refractivity (Wildman–Crippen MR) is 93.3 cm³/mol. The Morgan fingerprint density at radius 2 is 2.16 bits per heavy atom. The molecule has 0 saturated heterocycles. The zero-order valence-electron chi connectivity index (χ0n) is 14.6. The van der Waals surface area contributed by atoms with Crippen LogP contribution in [-0.4, -0.2) is 34.5 Å². The number of fused-ring (bicyclic) bond motifs is 1. The maximum atomic E-state index is 12.8. The van der Waals surface area contributed by atoms with E-state index in [2.05, 4.69) is 15.4 Å². The van der Waals surface area contributed by atoms with Gasteiger partial charge in [-0.15, -0.1) is 0 Å². The lowest BCUT2D eigenvalue weighted by molar-refractivity contribution is -0.147. The Morgan fingerprint density at radius 1 is 1.36 bits per heavy atom. The van der Waals surface area contributed by atoms with Gasteiger partial charge < -0.3 is 14.8 Å². The summed E-state index contributed by atoms with van der Waals surface area (Å²) in [4.78, 5) is 17.1. The Bertz CT molecular complexity index is 784. The number of allylic oxidation sites excluding steroid dienone is 1. The molecule has 0 unspecified atom stereocenters. The largest absolute Gasteiger partial charge is 0.496 e. The number of methoxy groups -OCH3 is 1. The van der Waals surface area contributed by atoms with Crippen molar-refractivity contribution in [3.63, 3.8) is 0 Å². The first kappa shape index (κ1) is 17.0. The molecule has 0 amide bonds. The van der Waals surface area contributed by atoms with E-state index in [1.165, 1.54) is 6.33 Å². The van der Waals surface area contributed by atoms with E-state index in [0.717, 1.165) is 17.7 Å². The highest BCUT2D eigenvalue weighted by molar-refractivity contribution is 5.79. The molecule has 1 aromatic heterocycles. The van der Waals surface area contributed by atoms with Gasteiger partial charge in [0.15, 0.2) is 0 Å². The molecule has 2 atom stereocenters. The van der Waals surface area contributed by atoms with Gasteiger partial charge in [-0.1, -0.05) is 31.2 Å². The Balaban J connectivity index is 2.19. The Kier molecular flexibility index (Phi) is 5.02. The first-order chi connectivity index (χ1) is 12.2. The molecule has 7 nitrogen and oxygen atoms in total. The maximum Gasteiger partial charge on any atom is 0.317 e. The van der Waals surface area contributed by atoms with E-state index in [-0.39, 0.29) is 5.97 Å². The molecular weight excluding hydrogens is 320 g/mol. The van der Waals surface area contributed by atoms with Crippen LogP contribution >= 0.6 is 0 Å². The number of hydrogen-bond donors (Lipinski definition) is 1. The summed E-state index contributed by atoms with van der Waals surface area (Å²) >= 11 is 0. The van der Waals surface area contributed by atoms with Crippen molar-refractivity contribution in [2.75, 3.05) is 19.0 Å². The number of ether oxygens (including phenoxy) is 2. The summed E-state index contributed by atoms with van der Waals surface area (Å²) in [6.07, 6.45) is 4.25. The average molecular weight is 342 g/mol. The smallest absolute Gasteiger partial charge is 0.317 e. The standard InChI is InChI=1S/C18H22N4O3/c1-4-8-13-15(17(23)25-5-2)16(22-18(21-13)19-11-20-22)12-9-6-7-10-14(12)24-3/h6-11,15-16H,4-5H2,1-3H3,(H,19,20,21)/b13-8-/t15-,16+/m1/s1. The van der Waals surface area contributed by atoms with Gasteiger partial charge in [-0.05, 0) is 19.4 Å². The summed E-state index contributed by atoms with van der Waals surface area (Å²) in [5.74, 6) is 0.439. The third kappa shape index (κ3) is 3.09. The SMILES string of the molecule is CC/C=C1\Nc2ncnn2[C@@H](c2ccccc2OC)[C@@H]1C(=O)OCC. The highest BCUT2D eigenvalue weighted by Crippen LogP contribution is 2.41. The van der Waals surface area contributed by atoms with Gasteiger partial charge in [-0.2, -0.15) is 10.1 Å². The molecule has 25 heavy (non-hydrogen) atoms. The van der Waals surface area contributed by atoms with Crippen molar-refractivity contribution >= 4 is 11.9 Å². The van der Waals surface area contributed by atoms with E-state index in [1.807, 2.05) is 37.3 Å². The van der Waals surface area contributed by atoms with Crippen molar-refractivity contribution < 1.29 is 14.3 Å². The number of aromatic nitrogens is 3. The molecule has 1 aromatic carbocycles. The van der Waals surface area contributed by atoms with Crippen LogP contribution in [0.2, 0.25) is 0 Å². The normalized spacial score (nSPS) is 20.7. The molecule has 0 saturated carbocycles. The lowest BCUT2D eigenvalue weighted by Crippen LogP contribution is -2.38. The zero-order valence-corrected chi connectivity index (χ0v) is 14.6. The Hall–Kier alpha value is -2.83. The Labute approximate surface area is 146 Å². The van der Waals surface area contributed by atoms with Gasteiger partial charge in [-0.25, -0.2) is 4.68 Å². The molecule has 132 valence electrons. The summed E-state index contributed by atoms with van der Waals surface area (Å²) in [5, 5.41) is 7.54. The fourth-order valence-corrected chi connectivity index (χ4v) is 3.17. The van der Waals surface area contributed by atoms with Crippen LogP contribution in [0.1, 0.15) is 31.9 Å². The van der Waals surface area contributed by atoms with Crippen LogP contribution in [0.5, 0.6) is 5.75 Å². The topological polar surface area (TPSA) is 78.3 Å². The maximum absolute atomic E-state index is 12.8. The highest BCUT2D eigenvalue weighted by atomic mass is 16.5. The van der Waals surface area contributed by atoms with Crippen molar-refractivity contribution in [2.45, 2.75) is 26.3 Å². The fourth-order valence-electron chi connectivity index (χ4n) is 3.17. The van der Waals surface area contributed by atoms with E-state index in [1.54, 1.807) is 18.7 Å². The van der Waals surface area contributed by atoms with Gasteiger partial charge in [0, 0.05) is 11.3 Å². The van der Waals surface area contributed by atoms with Gasteiger partial charge >= 0.3 is 5.97 Å². The number of nitrogens with one attached hydrogen (secondary N) is 1. The van der Waals surface area contributed by atoms with Crippen LogP contribution in [0, 0.1) is 5.92 Å². The lowest BCUT2D eigenvalue weighted by Gasteiger charge is -2.34. The number of nitrogens with zero attached hydrogens (tertiary/aromatic N) is 3. The first-order valence-electron chi connectivity index (χ1n) is 8.37. The second-order valence-electron chi connectivity index (χ2n) is 5.64. The van der Waals surface area contributed by atoms with Crippen LogP contribution in [0.3, 0.4) is 0 Å². The van der Waals surface area contributed by atoms with Crippen molar-refractivity contribution in [3.8, 4) is 5.75 Å². The van der Waals surface area contributed by atoms with Crippen LogP contribution in [0.15, 0.2) is 42.4 Å². The van der Waals surface area contributed by atoms with E-state index < -0.39 is 12.0 Å². The van der Waals surface area contributed by atoms with Crippen LogP contribution in [-0.2, 0) is 9.53 Å². The molecule has 0 radical (unpaired) electrons. The second kappa shape index (κ2) is 7.38. The minimum Gasteiger partial charge on any atom is -0.496 e. The molecule has 1 aliphatic heterocycles. The van der Waals surface area contributed by atoms with Gasteiger partial charge in [0.25, 0.3) is 0 Å². The number of carbonyl (C=O) groups excluding carboxylic acids is 1. The molecule has 3 rings (SSSR count). The van der Waals surface area contributed by atoms with E-state index in [4.69, 9.17) is 9.47 Å². The third-order valence-corrected chi connectivity index (χ3v) is 4.17. The number of esters is 1. The summed E-state index contributed by atoms with van der Waals surface area (Å²) in [7, 11) is 1.62. The molecule has 1 aliphatic rings. The van der Waals surface area contributed by atoms with Crippen molar-refractivity contribution in [1.29, 1.82) is 0 Å². The molecule has 0 fully saturated rings. The zero-order chi connectivity index (χ0) is 17.8. The van der Waals surface area contributed by atoms with E-state index >= 15 is 0 Å². The van der Waals surface area contributed by atoms with Crippen LogP contribution in [0.25, 0.3) is 0 Å². The number of benzene rings is 1. The van der Waals surface area contributed by atoms with Gasteiger partial charge in [0.05, 0.1) is 13.7 Å². The first-order valence-corrected chi connectivity index (χ1v) is 8.37. The monoisotopic (exact) mass is 342 g/mol. The molecular formula is C18H22N4O3. The summed E-state index contributed by atoms with van der Waals surface area (Å²) in [6.45, 7) is 4.14. The molecule has 0 spiro atoms. The molecule has 1 N–H and O–H groups in total. The number of carbonyl (C=O) groups is 1. The van der Waals surface area contributed by atoms with E-state index in [9.17, 15) is 4.79 Å². The van der Waals surface area contributed by atoms with E-state index in [0.29, 0.717) is 18.3 Å². The second-order valence-corrected chi connectivity index (χ2v) is 5.64. The van der Waals surface area contributed by atoms with Crippen molar-refractivity contribution in [3.05, 3.63) is 47.9 Å². The molecule has 0 aliphatic carbocycles. The minimum atomic E-state index is -0.551. The molecule has 7 heteroatoms. The van der Waals surface area contributed by atoms with Gasteiger partial charge in [0.1, 0.15) is 24.0 Å². The summed E-state index contributed by atoms with van der Waals surface area (Å²) in [6, 6.07) is 7.23. The minimum absolute atomic E-state index is 0.299. The van der Waals surface area contributed by atoms with Gasteiger partial charge in [0.2, 0.25) is 5.95 Å². The van der Waals surface area contributed by atoms with Crippen LogP contribution in [0.4, 0.5) is 5.95 Å². The predicted octanol–water partition coefficient (Wildman–Crippen LogP) is 2.77. The van der Waals surface area contributed by atoms with Crippen molar-refractivity contribution in [2.24, 2.45) is 5.92 Å². The van der Waals surface area contributed by atoms with Crippen LogP contribution < -0.4 is 10.1 Å². The molecule has 2 aromatic rings. The number of para-hydroxylation sites is 1.